The first-order valence-corrected chi connectivity index (χ1v) is 47.3. The van der Waals surface area contributed by atoms with E-state index in [4.69, 9.17) is 15.2 Å². The van der Waals surface area contributed by atoms with Gasteiger partial charge in [0.15, 0.2) is 17.3 Å². The molecular formula is C89H147N7O17S2. The van der Waals surface area contributed by atoms with Gasteiger partial charge < -0.3 is 40.7 Å². The van der Waals surface area contributed by atoms with Gasteiger partial charge in [-0.1, -0.05) is 174 Å². The Morgan fingerprint density at radius 3 is 1.12 bits per heavy atom. The number of aliphatic carboxylic acids is 1. The number of nitrogens with one attached hydrogen (secondary N) is 4. The van der Waals surface area contributed by atoms with E-state index in [9.17, 15) is 65.1 Å². The Bertz CT molecular complexity index is 3950. The molecule has 7 N–H and O–H groups in total. The highest BCUT2D eigenvalue weighted by molar-refractivity contribution is 7.92. The summed E-state index contributed by atoms with van der Waals surface area (Å²) in [5.74, 6) is -4.00. The van der Waals surface area contributed by atoms with E-state index in [2.05, 4.69) is 47.8 Å². The summed E-state index contributed by atoms with van der Waals surface area (Å²) < 4.78 is 67.4. The number of hydrogen-bond donors (Lipinski definition) is 6. The van der Waals surface area contributed by atoms with Crippen molar-refractivity contribution in [2.24, 2.45) is 89.5 Å². The van der Waals surface area contributed by atoms with Crippen molar-refractivity contribution < 1.29 is 79.4 Å². The number of hydrogen-bond acceptors (Lipinski definition) is 17. The van der Waals surface area contributed by atoms with Crippen LogP contribution in [0.2, 0.25) is 0 Å². The SMILES string of the molecule is CC(C)(C)OC(=O)N[C@H](C(=O)O)C1CCCCC1.CCCC1(S(=O)(=O)NC(=O)[C@@]2(CC(=O)[C@@H]3C[C@@]4(CN3C(=O)[C@@H](CC(=O)[C@@H](NC(=O)OC(C)(C)C)C3CCCCC3)C(C)(C)C)C(C)(C)C43CCC3)C[C@H]2CC)CC1.CCCC1(S(=O)(=O)NC(=O)[C@@]2(CC(=O)[C@@H]3C[C@@]4(CN3C(=O)[C@@H](N)C(C)(C)C)C(C)(C)C43CCC3)C[C@H]2CC)CC1. The number of Topliss-reactive ketones (excluding diaryl/α,β-unsaturated/α-hetero) is 3. The summed E-state index contributed by atoms with van der Waals surface area (Å²) in [5, 5.41) is 14.6. The normalized spacial score (nSPS) is 30.5. The quantitative estimate of drug-likeness (QED) is 0.0424. The van der Waals surface area contributed by atoms with E-state index in [1.165, 1.54) is 6.42 Å². The van der Waals surface area contributed by atoms with E-state index in [0.29, 0.717) is 96.6 Å². The van der Waals surface area contributed by atoms with Crippen molar-refractivity contribution in [3.05, 3.63) is 0 Å². The van der Waals surface area contributed by atoms with Crippen LogP contribution in [0.25, 0.3) is 0 Å². The Kier molecular flexibility index (Phi) is 25.8. The van der Waals surface area contributed by atoms with Crippen LogP contribution in [-0.4, -0.2) is 155 Å². The van der Waals surface area contributed by atoms with Gasteiger partial charge in [0.25, 0.3) is 0 Å². The summed E-state index contributed by atoms with van der Waals surface area (Å²) in [4.78, 5) is 140. The summed E-state index contributed by atoms with van der Waals surface area (Å²) in [7, 11) is -7.73. The summed E-state index contributed by atoms with van der Waals surface area (Å²) in [5.41, 5.74) is 1.63. The van der Waals surface area contributed by atoms with Gasteiger partial charge in [-0.05, 0) is 213 Å². The Morgan fingerprint density at radius 1 is 0.478 bits per heavy atom. The zero-order valence-corrected chi connectivity index (χ0v) is 75.4. The fourth-order valence-electron chi connectivity index (χ4n) is 23.7. The molecule has 0 unspecified atom stereocenters. The zero-order valence-electron chi connectivity index (χ0n) is 73.8. The van der Waals surface area contributed by atoms with Gasteiger partial charge in [0, 0.05) is 49.1 Å². The third-order valence-electron chi connectivity index (χ3n) is 32.0. The molecule has 10 saturated carbocycles. The smallest absolute Gasteiger partial charge is 0.408 e. The number of amides is 6. The third-order valence-corrected chi connectivity index (χ3v) is 36.4. The van der Waals surface area contributed by atoms with Crippen molar-refractivity contribution in [2.45, 2.75) is 401 Å². The molecule has 4 spiro atoms. The van der Waals surface area contributed by atoms with Crippen molar-refractivity contribution in [3.63, 3.8) is 0 Å². The number of carbonyl (C=O) groups is 10. The number of ether oxygens (including phenoxy) is 2. The van der Waals surface area contributed by atoms with E-state index >= 15 is 4.79 Å². The topological polar surface area (TPSA) is 358 Å². The zero-order chi connectivity index (χ0) is 85.7. The van der Waals surface area contributed by atoms with Crippen LogP contribution in [0.15, 0.2) is 0 Å². The van der Waals surface area contributed by atoms with Gasteiger partial charge in [0.2, 0.25) is 43.7 Å². The molecule has 0 radical (unpaired) electrons. The fourth-order valence-corrected chi connectivity index (χ4v) is 27.3. The Balaban J connectivity index is 0.000000208. The standard InChI is InChI=1S/C45H73N3O8S.C31H51N3O5S.C13H23NO4/c1-11-19-42(22-23-42)57(54,55)47-37(52)43(25-30(43)12-2)27-34(50)32-26-45(41(9,10)44(45)20-16-21-44)28-48(32)36(51)31(39(3,4)5)24-33(49)35(29-17-14-13-15-18-29)46-38(53)56-40(6,7)8;1-8-11-28(14-15-28)40(38,39)33-25(37)29(16-20(29)9-2)18-22(35)21-17-31(27(6,7)30(31)12-10-13-30)19-34(21)24(36)23(32)26(3,4)5;1-13(2,3)18-12(17)14-10(11(15)16)9-7-5-4-6-8-9/h29-32,35H,11-28H2,1-10H3,(H,46,53)(H,47,52);20-21,23H,8-19,32H2,1-7H3,(H,33,37);9-10H,4-8H2,1-3H3,(H,14,17)(H,15,16)/t30-,31-,32+,35+,43-,45-;20-,21+,23-,29-,31-;10-/m110/s1. The van der Waals surface area contributed by atoms with Crippen LogP contribution in [0, 0.1) is 83.7 Å². The minimum Gasteiger partial charge on any atom is -0.480 e. The number of nitrogens with zero attached hydrogens (tertiary/aromatic N) is 2. The van der Waals surface area contributed by atoms with Crippen LogP contribution >= 0.6 is 0 Å². The number of rotatable bonds is 28. The summed E-state index contributed by atoms with van der Waals surface area (Å²) in [6, 6.07) is -3.77. The minimum atomic E-state index is -3.91. The number of carboxylic acids is 1. The number of carbonyl (C=O) groups excluding carboxylic acids is 9. The average Bonchev–Trinajstić information content (AvgIpc) is 1.45. The maximum Gasteiger partial charge on any atom is 0.408 e. The second kappa shape index (κ2) is 32.3. The molecule has 0 aromatic heterocycles. The van der Waals surface area contributed by atoms with Gasteiger partial charge in [0.1, 0.15) is 17.2 Å². The maximum absolute atomic E-state index is 15.2. The molecule has 12 aliphatic rings. The first kappa shape index (κ1) is 92.1. The number of fused-ring (bicyclic) bond motifs is 2. The minimum absolute atomic E-state index is 0.0174. The lowest BCUT2D eigenvalue weighted by molar-refractivity contribution is -0.146. The predicted molar refractivity (Wildman–Crippen MR) is 441 cm³/mol. The largest absolute Gasteiger partial charge is 0.480 e. The predicted octanol–water partition coefficient (Wildman–Crippen LogP) is 14.9. The highest BCUT2D eigenvalue weighted by Crippen LogP contribution is 2.89. The van der Waals surface area contributed by atoms with E-state index in [0.717, 1.165) is 103 Å². The van der Waals surface area contributed by atoms with E-state index < -0.39 is 128 Å². The summed E-state index contributed by atoms with van der Waals surface area (Å²) >= 11 is 0. The summed E-state index contributed by atoms with van der Waals surface area (Å²) in [6.45, 7) is 40.2. The average molecular weight is 1650 g/mol. The van der Waals surface area contributed by atoms with Gasteiger partial charge in [-0.2, -0.15) is 0 Å². The molecule has 0 bridgehead atoms. The molecule has 2 aliphatic heterocycles. The van der Waals surface area contributed by atoms with Crippen molar-refractivity contribution >= 4 is 79.2 Å². The number of alkyl carbamates (subject to hydrolysis) is 2. The monoisotopic (exact) mass is 1650 g/mol. The molecule has 12 rings (SSSR count). The number of nitrogens with two attached hydrogens (primary N) is 1. The lowest BCUT2D eigenvalue weighted by Gasteiger charge is -2.37. The van der Waals surface area contributed by atoms with Crippen LogP contribution in [0.1, 0.15) is 350 Å². The first-order chi connectivity index (χ1) is 53.1. The van der Waals surface area contributed by atoms with Gasteiger partial charge in [-0.3, -0.25) is 43.0 Å². The van der Waals surface area contributed by atoms with Crippen LogP contribution in [0.3, 0.4) is 0 Å². The van der Waals surface area contributed by atoms with Crippen molar-refractivity contribution in [2.75, 3.05) is 13.1 Å². The van der Waals surface area contributed by atoms with Gasteiger partial charge in [0.05, 0.1) is 44.5 Å². The highest BCUT2D eigenvalue weighted by atomic mass is 32.2. The molecule has 12 atom stereocenters. The van der Waals surface area contributed by atoms with Crippen LogP contribution in [0.5, 0.6) is 0 Å². The van der Waals surface area contributed by atoms with Crippen molar-refractivity contribution in [1.82, 2.24) is 29.9 Å². The summed E-state index contributed by atoms with van der Waals surface area (Å²) in [6.07, 6.45) is 22.7. The van der Waals surface area contributed by atoms with E-state index in [1.807, 2.05) is 69.2 Å². The fraction of sp³-hybridized carbons (Fsp3) is 0.888. The second-order valence-corrected chi connectivity index (χ2v) is 47.6. The third kappa shape index (κ3) is 17.2. The lowest BCUT2D eigenvalue weighted by Crippen LogP contribution is -2.54. The van der Waals surface area contributed by atoms with Crippen LogP contribution < -0.4 is 25.8 Å². The molecule has 6 amide bonds. The molecule has 0 aromatic carbocycles. The molecule has 12 fully saturated rings. The molecule has 2 heterocycles. The first-order valence-electron chi connectivity index (χ1n) is 44.4. The molecule has 115 heavy (non-hydrogen) atoms. The van der Waals surface area contributed by atoms with E-state index in [-0.39, 0.29) is 105 Å². The molecule has 26 heteroatoms. The second-order valence-electron chi connectivity index (χ2n) is 43.4. The highest BCUT2D eigenvalue weighted by Gasteiger charge is 2.87. The number of ketones is 3. The van der Waals surface area contributed by atoms with E-state index in [1.54, 1.807) is 51.3 Å². The molecule has 10 aliphatic carbocycles. The molecule has 2 saturated heterocycles. The molecule has 652 valence electrons. The lowest BCUT2D eigenvalue weighted by atomic mass is 9.73. The van der Waals surface area contributed by atoms with Gasteiger partial charge >= 0.3 is 18.2 Å². The maximum atomic E-state index is 15.2. The Morgan fingerprint density at radius 2 is 0.835 bits per heavy atom. The van der Waals surface area contributed by atoms with Crippen LogP contribution in [-0.2, 0) is 67.9 Å². The number of likely N-dealkylation sites (tertiary alicyclic amines) is 2. The van der Waals surface area contributed by atoms with Crippen molar-refractivity contribution in [1.29, 1.82) is 0 Å². The molecule has 24 nitrogen and oxygen atoms in total. The number of carboxylic acid groups (broad SMARTS) is 1. The van der Waals surface area contributed by atoms with Gasteiger partial charge in [-0.15, -0.1) is 0 Å². The van der Waals surface area contributed by atoms with Crippen molar-refractivity contribution in [3.8, 4) is 0 Å². The van der Waals surface area contributed by atoms with Gasteiger partial charge in [-0.25, -0.2) is 31.2 Å². The Labute approximate surface area is 688 Å². The Hall–Kier alpha value is -5.24. The molecular weight excluding hydrogens is 1500 g/mol. The van der Waals surface area contributed by atoms with Crippen LogP contribution in [0.4, 0.5) is 9.59 Å². The molecule has 0 aromatic rings. The number of sulfonamides is 2.